The minimum absolute atomic E-state index is 0.0166. The number of nitrogens with two attached hydrogens (primary N) is 1. The molecule has 0 aliphatic carbocycles. The molecule has 0 saturated heterocycles. The molecule has 3 N–H and O–H groups in total. The fourth-order valence-corrected chi connectivity index (χ4v) is 3.18. The van der Waals surface area contributed by atoms with E-state index in [9.17, 15) is 9.90 Å². The van der Waals surface area contributed by atoms with Crippen LogP contribution in [0.25, 0.3) is 0 Å². The highest BCUT2D eigenvalue weighted by atomic mass is 31.1. The molecule has 4 heteroatoms. The average molecular weight is 273 g/mol. The molecule has 2 aromatic rings. The fraction of sp³-hybridized carbons (Fsp3) is 0.133. The van der Waals surface area contributed by atoms with Gasteiger partial charge in [-0.05, 0) is 23.4 Å². The summed E-state index contributed by atoms with van der Waals surface area (Å²) in [6, 6.07) is 16.7. The highest BCUT2D eigenvalue weighted by Crippen LogP contribution is 2.37. The Bertz CT molecular complexity index is 586. The zero-order valence-corrected chi connectivity index (χ0v) is 11.6. The summed E-state index contributed by atoms with van der Waals surface area (Å²) in [6.45, 7) is 1.97. The first-order valence-corrected chi connectivity index (χ1v) is 6.95. The Morgan fingerprint density at radius 3 is 2.26 bits per heavy atom. The van der Waals surface area contributed by atoms with Crippen LogP contribution in [0.15, 0.2) is 54.6 Å². The number of aliphatic carboxylic acids is 1. The van der Waals surface area contributed by atoms with Gasteiger partial charge in [0, 0.05) is 0 Å². The number of hydrogen-bond donors (Lipinski definition) is 2. The van der Waals surface area contributed by atoms with E-state index in [0.29, 0.717) is 5.56 Å². The predicted octanol–water partition coefficient (Wildman–Crippen LogP) is 2.20. The van der Waals surface area contributed by atoms with Crippen LogP contribution < -0.4 is 11.0 Å². The van der Waals surface area contributed by atoms with Crippen molar-refractivity contribution >= 4 is 19.9 Å². The molecule has 0 radical (unpaired) electrons. The molecule has 2 unspecified atom stereocenters. The van der Waals surface area contributed by atoms with Gasteiger partial charge in [0.15, 0.2) is 5.28 Å². The predicted molar refractivity (Wildman–Crippen MR) is 79.1 cm³/mol. The summed E-state index contributed by atoms with van der Waals surface area (Å²) in [7, 11) is -0.0166. The Balaban J connectivity index is 2.42. The summed E-state index contributed by atoms with van der Waals surface area (Å²) in [5, 5.41) is 9.14. The molecule has 0 heterocycles. The molecular weight excluding hydrogens is 257 g/mol. The van der Waals surface area contributed by atoms with E-state index in [1.807, 2.05) is 49.4 Å². The molecule has 19 heavy (non-hydrogen) atoms. The summed E-state index contributed by atoms with van der Waals surface area (Å²) in [6.07, 6.45) is 0. The lowest BCUT2D eigenvalue weighted by molar-refractivity contribution is -0.140. The first-order valence-electron chi connectivity index (χ1n) is 5.95. The molecular formula is C15H16NO2P. The first-order chi connectivity index (χ1) is 9.04. The van der Waals surface area contributed by atoms with Crippen LogP contribution in [0.5, 0.6) is 0 Å². The van der Waals surface area contributed by atoms with Crippen LogP contribution >= 0.6 is 8.58 Å². The van der Waals surface area contributed by atoms with Crippen LogP contribution in [0.3, 0.4) is 0 Å². The Kier molecular flexibility index (Phi) is 3.98. The summed E-state index contributed by atoms with van der Waals surface area (Å²) in [5.74, 6) is -1.000. The van der Waals surface area contributed by atoms with Gasteiger partial charge in [-0.25, -0.2) is 4.79 Å². The number of carbonyl (C=O) groups is 1. The SMILES string of the molecule is Cc1ccccc1PC(N)(C(=O)O)c1ccccc1. The largest absolute Gasteiger partial charge is 0.479 e. The summed E-state index contributed by atoms with van der Waals surface area (Å²) >= 11 is 0. The maximum atomic E-state index is 11.6. The number of hydrogen-bond acceptors (Lipinski definition) is 2. The highest BCUT2D eigenvalue weighted by molar-refractivity contribution is 7.49. The standard InChI is InChI=1S/C15H16NO2P/c1-11-7-5-6-10-13(11)19-15(16,14(17)18)12-8-3-2-4-9-12/h2-10,19H,16H2,1H3,(H,17,18). The minimum atomic E-state index is -1.37. The monoisotopic (exact) mass is 273 g/mol. The van der Waals surface area contributed by atoms with E-state index in [1.54, 1.807) is 12.1 Å². The summed E-state index contributed by atoms with van der Waals surface area (Å²) in [4.78, 5) is 11.6. The van der Waals surface area contributed by atoms with Crippen LogP contribution in [0.1, 0.15) is 11.1 Å². The second-order valence-corrected chi connectivity index (χ2v) is 6.00. The van der Waals surface area contributed by atoms with E-state index in [2.05, 4.69) is 0 Å². The van der Waals surface area contributed by atoms with Gasteiger partial charge in [0.05, 0.1) is 0 Å². The Hall–Kier alpha value is -1.70. The van der Waals surface area contributed by atoms with Crippen LogP contribution in [0.2, 0.25) is 0 Å². The van der Waals surface area contributed by atoms with E-state index in [4.69, 9.17) is 5.73 Å². The van der Waals surface area contributed by atoms with Crippen molar-refractivity contribution in [3.8, 4) is 0 Å². The maximum absolute atomic E-state index is 11.6. The van der Waals surface area contributed by atoms with Gasteiger partial charge in [0.25, 0.3) is 0 Å². The van der Waals surface area contributed by atoms with Crippen LogP contribution in [0, 0.1) is 6.92 Å². The smallest absolute Gasteiger partial charge is 0.332 e. The number of aryl methyl sites for hydroxylation is 1. The number of carboxylic acid groups (broad SMARTS) is 1. The van der Waals surface area contributed by atoms with Gasteiger partial charge < -0.3 is 10.8 Å². The van der Waals surface area contributed by atoms with Gasteiger partial charge in [0.2, 0.25) is 0 Å². The number of benzene rings is 2. The van der Waals surface area contributed by atoms with Crippen molar-refractivity contribution in [1.29, 1.82) is 0 Å². The molecule has 2 aromatic carbocycles. The maximum Gasteiger partial charge on any atom is 0.332 e. The molecule has 0 bridgehead atoms. The topological polar surface area (TPSA) is 63.3 Å². The quantitative estimate of drug-likeness (QED) is 0.839. The molecule has 2 atom stereocenters. The second-order valence-electron chi connectivity index (χ2n) is 4.42. The van der Waals surface area contributed by atoms with Crippen LogP contribution in [0.4, 0.5) is 0 Å². The van der Waals surface area contributed by atoms with Crippen molar-refractivity contribution in [3.05, 3.63) is 65.7 Å². The second kappa shape index (κ2) is 5.52. The molecule has 0 aliphatic rings. The third kappa shape index (κ3) is 2.83. The lowest BCUT2D eigenvalue weighted by Gasteiger charge is -2.26. The average Bonchev–Trinajstić information content (AvgIpc) is 2.42. The minimum Gasteiger partial charge on any atom is -0.479 e. The third-order valence-corrected chi connectivity index (χ3v) is 4.77. The van der Waals surface area contributed by atoms with E-state index < -0.39 is 11.2 Å². The van der Waals surface area contributed by atoms with Gasteiger partial charge in [-0.15, -0.1) is 0 Å². The molecule has 98 valence electrons. The van der Waals surface area contributed by atoms with Gasteiger partial charge in [0.1, 0.15) is 0 Å². The Morgan fingerprint density at radius 1 is 1.11 bits per heavy atom. The number of carboxylic acids is 1. The van der Waals surface area contributed by atoms with Crippen molar-refractivity contribution < 1.29 is 9.90 Å². The van der Waals surface area contributed by atoms with Gasteiger partial charge in [-0.1, -0.05) is 63.2 Å². The van der Waals surface area contributed by atoms with Crippen molar-refractivity contribution in [2.45, 2.75) is 12.2 Å². The van der Waals surface area contributed by atoms with E-state index in [0.717, 1.165) is 10.9 Å². The fourth-order valence-electron chi connectivity index (χ4n) is 1.88. The van der Waals surface area contributed by atoms with Gasteiger partial charge in [-0.2, -0.15) is 0 Å². The normalized spacial score (nSPS) is 14.4. The van der Waals surface area contributed by atoms with Crippen molar-refractivity contribution in [3.63, 3.8) is 0 Å². The van der Waals surface area contributed by atoms with E-state index >= 15 is 0 Å². The Labute approximate surface area is 114 Å². The molecule has 3 nitrogen and oxygen atoms in total. The van der Waals surface area contributed by atoms with Crippen LogP contribution in [-0.4, -0.2) is 11.1 Å². The van der Waals surface area contributed by atoms with E-state index in [1.165, 1.54) is 0 Å². The molecule has 0 amide bonds. The molecule has 0 aliphatic heterocycles. The lowest BCUT2D eigenvalue weighted by Crippen LogP contribution is -2.42. The zero-order valence-electron chi connectivity index (χ0n) is 10.6. The highest BCUT2D eigenvalue weighted by Gasteiger charge is 2.36. The lowest BCUT2D eigenvalue weighted by atomic mass is 10.1. The molecule has 0 spiro atoms. The Morgan fingerprint density at radius 2 is 1.68 bits per heavy atom. The summed E-state index contributed by atoms with van der Waals surface area (Å²) in [5.41, 5.74) is 7.87. The molecule has 0 saturated carbocycles. The first kappa shape index (κ1) is 13.7. The van der Waals surface area contributed by atoms with Gasteiger partial charge >= 0.3 is 5.97 Å². The van der Waals surface area contributed by atoms with Crippen molar-refractivity contribution in [2.75, 3.05) is 0 Å². The van der Waals surface area contributed by atoms with Gasteiger partial charge in [-0.3, -0.25) is 0 Å². The molecule has 0 aromatic heterocycles. The molecule has 0 fully saturated rings. The van der Waals surface area contributed by atoms with Crippen molar-refractivity contribution in [2.24, 2.45) is 5.73 Å². The third-order valence-electron chi connectivity index (χ3n) is 3.04. The van der Waals surface area contributed by atoms with Crippen LogP contribution in [-0.2, 0) is 10.1 Å². The summed E-state index contributed by atoms with van der Waals surface area (Å²) < 4.78 is 0. The number of rotatable bonds is 4. The van der Waals surface area contributed by atoms with E-state index in [-0.39, 0.29) is 8.58 Å². The zero-order chi connectivity index (χ0) is 13.9. The van der Waals surface area contributed by atoms with Crippen molar-refractivity contribution in [1.82, 2.24) is 0 Å². The molecule has 2 rings (SSSR count).